The number of anilines is 3. The number of hydrogen-bond donors (Lipinski definition) is 2. The Hall–Kier alpha value is -3.14. The zero-order valence-corrected chi connectivity index (χ0v) is 14.5. The van der Waals surface area contributed by atoms with Crippen molar-refractivity contribution >= 4 is 33.9 Å². The Morgan fingerprint density at radius 3 is 2.67 bits per heavy atom. The van der Waals surface area contributed by atoms with Crippen LogP contribution in [-0.2, 0) is 11.2 Å². The van der Waals surface area contributed by atoms with Gasteiger partial charge < -0.3 is 15.4 Å². The Morgan fingerprint density at radius 1 is 1.15 bits per heavy atom. The lowest BCUT2D eigenvalue weighted by molar-refractivity contribution is -0.274. The van der Waals surface area contributed by atoms with Crippen LogP contribution in [0.2, 0.25) is 0 Å². The van der Waals surface area contributed by atoms with Gasteiger partial charge in [0.15, 0.2) is 10.9 Å². The Bertz CT molecular complexity index is 916. The van der Waals surface area contributed by atoms with Crippen molar-refractivity contribution in [3.05, 3.63) is 59.7 Å². The van der Waals surface area contributed by atoms with E-state index in [4.69, 9.17) is 0 Å². The molecule has 0 spiro atoms. The van der Waals surface area contributed by atoms with Gasteiger partial charge in [0.1, 0.15) is 5.82 Å². The minimum absolute atomic E-state index is 0.0677. The molecule has 6 nitrogen and oxygen atoms in total. The molecule has 10 heteroatoms. The Morgan fingerprint density at radius 2 is 1.93 bits per heavy atom. The molecule has 1 amide bonds. The average Bonchev–Trinajstić information content (AvgIpc) is 3.03. The Labute approximate surface area is 156 Å². The topological polar surface area (TPSA) is 76.1 Å². The molecular formula is C17H13F3N4O2S. The summed E-state index contributed by atoms with van der Waals surface area (Å²) in [6.07, 6.45) is -3.31. The van der Waals surface area contributed by atoms with Crippen LogP contribution in [0, 0.1) is 0 Å². The number of hydrogen-bond acceptors (Lipinski definition) is 6. The van der Waals surface area contributed by atoms with E-state index in [1.807, 2.05) is 6.07 Å². The fraction of sp³-hybridized carbons (Fsp3) is 0.118. The number of rotatable bonds is 6. The van der Waals surface area contributed by atoms with E-state index < -0.39 is 18.0 Å². The summed E-state index contributed by atoms with van der Waals surface area (Å²) in [5.41, 5.74) is 0.409. The number of alkyl halides is 3. The maximum atomic E-state index is 12.4. The first kappa shape index (κ1) is 18.6. The molecule has 3 aromatic rings. The lowest BCUT2D eigenvalue weighted by atomic mass is 10.2. The van der Waals surface area contributed by atoms with Gasteiger partial charge in [-0.25, -0.2) is 9.97 Å². The number of carbonyl (C=O) groups excluding carboxylic acids is 1. The molecule has 3 rings (SSSR count). The number of halogens is 3. The third-order valence-corrected chi connectivity index (χ3v) is 3.99. The predicted molar refractivity (Wildman–Crippen MR) is 95.1 cm³/mol. The first-order valence-electron chi connectivity index (χ1n) is 7.66. The summed E-state index contributed by atoms with van der Waals surface area (Å²) in [5, 5.41) is 7.65. The summed E-state index contributed by atoms with van der Waals surface area (Å²) in [6, 6.07) is 10.7. The first-order chi connectivity index (χ1) is 12.9. The molecule has 0 radical (unpaired) electrons. The number of pyridine rings is 1. The minimum Gasteiger partial charge on any atom is -0.404 e. The van der Waals surface area contributed by atoms with Gasteiger partial charge >= 0.3 is 6.36 Å². The van der Waals surface area contributed by atoms with Crippen LogP contribution in [0.1, 0.15) is 5.69 Å². The molecule has 0 aliphatic heterocycles. The smallest absolute Gasteiger partial charge is 0.404 e. The fourth-order valence-corrected chi connectivity index (χ4v) is 2.85. The van der Waals surface area contributed by atoms with Crippen LogP contribution in [0.15, 0.2) is 54.0 Å². The number of ether oxygens (including phenoxy) is 1. The van der Waals surface area contributed by atoms with Gasteiger partial charge in [0.25, 0.3) is 0 Å². The number of carbonyl (C=O) groups is 1. The predicted octanol–water partition coefficient (Wildman–Crippen LogP) is 4.36. The molecule has 0 bridgehead atoms. The highest BCUT2D eigenvalue weighted by Crippen LogP contribution is 2.30. The average molecular weight is 394 g/mol. The summed E-state index contributed by atoms with van der Waals surface area (Å²) < 4.78 is 41.2. The van der Waals surface area contributed by atoms with Crippen molar-refractivity contribution in [3.63, 3.8) is 0 Å². The molecule has 0 fully saturated rings. The summed E-state index contributed by atoms with van der Waals surface area (Å²) in [6.45, 7) is 0. The molecule has 0 aliphatic carbocycles. The van der Waals surface area contributed by atoms with Gasteiger partial charge in [-0.3, -0.25) is 4.79 Å². The van der Waals surface area contributed by atoms with Gasteiger partial charge in [-0.1, -0.05) is 18.2 Å². The highest BCUT2D eigenvalue weighted by molar-refractivity contribution is 7.13. The monoisotopic (exact) mass is 394 g/mol. The zero-order chi connectivity index (χ0) is 19.3. The summed E-state index contributed by atoms with van der Waals surface area (Å²) >= 11 is 1.29. The number of aromatic nitrogens is 2. The van der Waals surface area contributed by atoms with Crippen molar-refractivity contribution < 1.29 is 22.7 Å². The normalized spacial score (nSPS) is 11.1. The van der Waals surface area contributed by atoms with E-state index >= 15 is 0 Å². The van der Waals surface area contributed by atoms with Gasteiger partial charge in [-0.2, -0.15) is 0 Å². The van der Waals surface area contributed by atoms with E-state index in [0.717, 1.165) is 6.07 Å². The van der Waals surface area contributed by atoms with Crippen LogP contribution in [0.25, 0.3) is 0 Å². The molecule has 1 aromatic carbocycles. The van der Waals surface area contributed by atoms with E-state index in [9.17, 15) is 18.0 Å². The van der Waals surface area contributed by atoms with Crippen molar-refractivity contribution in [1.29, 1.82) is 0 Å². The number of benzene rings is 1. The van der Waals surface area contributed by atoms with Crippen LogP contribution in [0.4, 0.5) is 29.8 Å². The molecule has 2 N–H and O–H groups in total. The zero-order valence-electron chi connectivity index (χ0n) is 13.7. The number of thiazole rings is 1. The van der Waals surface area contributed by atoms with Crippen LogP contribution in [0.3, 0.4) is 0 Å². The number of para-hydroxylation sites is 2. The molecular weight excluding hydrogens is 381 g/mol. The SMILES string of the molecule is O=C(Cc1csc(Nc2ccccn2)n1)Nc1ccccc1OC(F)(F)F. The molecule has 0 saturated heterocycles. The quantitative estimate of drug-likeness (QED) is 0.650. The van der Waals surface area contributed by atoms with Gasteiger partial charge in [-0.05, 0) is 24.3 Å². The molecule has 27 heavy (non-hydrogen) atoms. The van der Waals surface area contributed by atoms with E-state index in [2.05, 4.69) is 25.3 Å². The Balaban J connectivity index is 1.62. The van der Waals surface area contributed by atoms with E-state index in [1.165, 1.54) is 29.5 Å². The minimum atomic E-state index is -4.85. The van der Waals surface area contributed by atoms with Gasteiger partial charge in [0, 0.05) is 11.6 Å². The van der Waals surface area contributed by atoms with Crippen LogP contribution < -0.4 is 15.4 Å². The van der Waals surface area contributed by atoms with E-state index in [0.29, 0.717) is 16.6 Å². The number of amides is 1. The van der Waals surface area contributed by atoms with Crippen molar-refractivity contribution in [2.75, 3.05) is 10.6 Å². The number of nitrogens with zero attached hydrogens (tertiary/aromatic N) is 2. The highest BCUT2D eigenvalue weighted by atomic mass is 32.1. The summed E-state index contributed by atoms with van der Waals surface area (Å²) in [4.78, 5) is 20.5. The van der Waals surface area contributed by atoms with Crippen molar-refractivity contribution in [2.45, 2.75) is 12.8 Å². The Kier molecular flexibility index (Phi) is 5.55. The fourth-order valence-electron chi connectivity index (χ4n) is 2.13. The van der Waals surface area contributed by atoms with Crippen molar-refractivity contribution in [2.24, 2.45) is 0 Å². The lowest BCUT2D eigenvalue weighted by Gasteiger charge is -2.13. The third-order valence-electron chi connectivity index (χ3n) is 3.18. The largest absolute Gasteiger partial charge is 0.573 e. The lowest BCUT2D eigenvalue weighted by Crippen LogP contribution is -2.20. The number of nitrogens with one attached hydrogen (secondary N) is 2. The summed E-state index contributed by atoms with van der Waals surface area (Å²) in [5.74, 6) is -0.377. The molecule has 0 unspecified atom stereocenters. The molecule has 140 valence electrons. The van der Waals surface area contributed by atoms with Crippen molar-refractivity contribution in [1.82, 2.24) is 9.97 Å². The molecule has 0 atom stereocenters. The van der Waals surface area contributed by atoms with Crippen LogP contribution in [-0.4, -0.2) is 22.2 Å². The van der Waals surface area contributed by atoms with Gasteiger partial charge in [-0.15, -0.1) is 24.5 Å². The molecule has 0 aliphatic rings. The standard InChI is InChI=1S/C17H13F3N4O2S/c18-17(19,20)26-13-6-2-1-5-12(13)23-15(25)9-11-10-27-16(22-11)24-14-7-3-4-8-21-14/h1-8,10H,9H2,(H,23,25)(H,21,22,24). The van der Waals surface area contributed by atoms with Crippen LogP contribution >= 0.6 is 11.3 Å². The maximum absolute atomic E-state index is 12.4. The van der Waals surface area contributed by atoms with Crippen molar-refractivity contribution in [3.8, 4) is 5.75 Å². The first-order valence-corrected chi connectivity index (χ1v) is 8.54. The highest BCUT2D eigenvalue weighted by Gasteiger charge is 2.32. The molecule has 0 saturated carbocycles. The summed E-state index contributed by atoms with van der Waals surface area (Å²) in [7, 11) is 0. The second-order valence-electron chi connectivity index (χ2n) is 5.25. The van der Waals surface area contributed by atoms with Crippen LogP contribution in [0.5, 0.6) is 5.75 Å². The second kappa shape index (κ2) is 8.04. The second-order valence-corrected chi connectivity index (χ2v) is 6.11. The van der Waals surface area contributed by atoms with Gasteiger partial charge in [0.2, 0.25) is 5.91 Å². The maximum Gasteiger partial charge on any atom is 0.573 e. The van der Waals surface area contributed by atoms with Gasteiger partial charge in [0.05, 0.1) is 17.8 Å². The molecule has 2 heterocycles. The third kappa shape index (κ3) is 5.68. The molecule has 2 aromatic heterocycles. The van der Waals surface area contributed by atoms with E-state index in [1.54, 1.807) is 23.7 Å². The van der Waals surface area contributed by atoms with E-state index in [-0.39, 0.29) is 12.1 Å².